The van der Waals surface area contributed by atoms with Gasteiger partial charge in [0.2, 0.25) is 0 Å². The lowest BCUT2D eigenvalue weighted by Crippen LogP contribution is -2.11. The van der Waals surface area contributed by atoms with E-state index in [1.165, 1.54) is 9.13 Å². The van der Waals surface area contributed by atoms with Gasteiger partial charge >= 0.3 is 0 Å². The van der Waals surface area contributed by atoms with Crippen molar-refractivity contribution in [2.75, 3.05) is 5.32 Å². The van der Waals surface area contributed by atoms with E-state index in [1.807, 2.05) is 36.4 Å². The van der Waals surface area contributed by atoms with Gasteiger partial charge in [0.05, 0.1) is 6.26 Å². The van der Waals surface area contributed by atoms with Crippen molar-refractivity contribution in [3.63, 3.8) is 0 Å². The first-order chi connectivity index (χ1) is 9.83. The van der Waals surface area contributed by atoms with Crippen molar-refractivity contribution in [1.29, 1.82) is 0 Å². The molecular formula is C17H14INO. The van der Waals surface area contributed by atoms with Crippen molar-refractivity contribution >= 4 is 28.3 Å². The largest absolute Gasteiger partial charge is 0.467 e. The molecule has 20 heavy (non-hydrogen) atoms. The summed E-state index contributed by atoms with van der Waals surface area (Å²) in [6.45, 7) is 0. The molecule has 0 bridgehead atoms. The number of anilines is 1. The number of halogens is 1. The molecule has 3 rings (SSSR count). The molecule has 2 nitrogen and oxygen atoms in total. The summed E-state index contributed by atoms with van der Waals surface area (Å²) in [4.78, 5) is 0. The van der Waals surface area contributed by atoms with E-state index in [0.717, 1.165) is 11.4 Å². The van der Waals surface area contributed by atoms with Crippen LogP contribution in [-0.4, -0.2) is 0 Å². The minimum Gasteiger partial charge on any atom is -0.467 e. The highest BCUT2D eigenvalue weighted by Gasteiger charge is 2.16. The van der Waals surface area contributed by atoms with Crippen LogP contribution in [0.2, 0.25) is 0 Å². The van der Waals surface area contributed by atoms with Crippen LogP contribution in [0.25, 0.3) is 0 Å². The average molecular weight is 375 g/mol. The fourth-order valence-electron chi connectivity index (χ4n) is 2.16. The maximum Gasteiger partial charge on any atom is 0.130 e. The maximum absolute atomic E-state index is 5.59. The lowest BCUT2D eigenvalue weighted by molar-refractivity contribution is 0.499. The van der Waals surface area contributed by atoms with E-state index in [0.29, 0.717) is 0 Å². The Hall–Kier alpha value is -1.75. The van der Waals surface area contributed by atoms with Gasteiger partial charge < -0.3 is 9.73 Å². The van der Waals surface area contributed by atoms with Crippen LogP contribution < -0.4 is 5.32 Å². The van der Waals surface area contributed by atoms with Gasteiger partial charge in [-0.2, -0.15) is 0 Å². The molecule has 0 saturated carbocycles. The summed E-state index contributed by atoms with van der Waals surface area (Å²) in [5, 5.41) is 3.54. The summed E-state index contributed by atoms with van der Waals surface area (Å²) in [7, 11) is 0. The molecule has 0 aliphatic heterocycles. The molecule has 0 radical (unpaired) electrons. The van der Waals surface area contributed by atoms with Crippen molar-refractivity contribution in [2.24, 2.45) is 0 Å². The van der Waals surface area contributed by atoms with Crippen molar-refractivity contribution in [3.8, 4) is 0 Å². The molecule has 1 atom stereocenters. The quantitative estimate of drug-likeness (QED) is 0.643. The Morgan fingerprint density at radius 1 is 0.900 bits per heavy atom. The number of hydrogen-bond acceptors (Lipinski definition) is 2. The Balaban J connectivity index is 1.95. The van der Waals surface area contributed by atoms with Gasteiger partial charge in [0.25, 0.3) is 0 Å². The first-order valence-corrected chi connectivity index (χ1v) is 7.51. The van der Waals surface area contributed by atoms with Crippen molar-refractivity contribution in [1.82, 2.24) is 0 Å². The molecule has 1 unspecified atom stereocenters. The monoisotopic (exact) mass is 375 g/mol. The zero-order valence-corrected chi connectivity index (χ0v) is 12.9. The number of furan rings is 1. The summed E-state index contributed by atoms with van der Waals surface area (Å²) in [6.07, 6.45) is 1.71. The normalized spacial score (nSPS) is 12.1. The molecule has 0 spiro atoms. The van der Waals surface area contributed by atoms with Gasteiger partial charge in [-0.3, -0.25) is 0 Å². The zero-order chi connectivity index (χ0) is 13.8. The smallest absolute Gasteiger partial charge is 0.130 e. The first kappa shape index (κ1) is 13.2. The second-order valence-electron chi connectivity index (χ2n) is 4.51. The van der Waals surface area contributed by atoms with Crippen LogP contribution >= 0.6 is 22.6 Å². The van der Waals surface area contributed by atoms with Gasteiger partial charge in [0.1, 0.15) is 11.8 Å². The SMILES string of the molecule is Ic1cccc(NC(c2ccccc2)c2ccco2)c1. The molecule has 100 valence electrons. The highest BCUT2D eigenvalue weighted by molar-refractivity contribution is 14.1. The molecule has 3 aromatic rings. The lowest BCUT2D eigenvalue weighted by atomic mass is 10.0. The maximum atomic E-state index is 5.59. The zero-order valence-electron chi connectivity index (χ0n) is 10.8. The van der Waals surface area contributed by atoms with Crippen molar-refractivity contribution in [2.45, 2.75) is 6.04 Å². The summed E-state index contributed by atoms with van der Waals surface area (Å²) in [6, 6.07) is 22.6. The molecule has 2 aromatic carbocycles. The van der Waals surface area contributed by atoms with E-state index in [2.05, 4.69) is 58.2 Å². The Labute approximate surface area is 132 Å². The minimum absolute atomic E-state index is 0.0180. The van der Waals surface area contributed by atoms with Crippen LogP contribution in [0, 0.1) is 3.57 Å². The molecule has 0 aliphatic rings. The van der Waals surface area contributed by atoms with E-state index >= 15 is 0 Å². The number of nitrogens with one attached hydrogen (secondary N) is 1. The van der Waals surface area contributed by atoms with Gasteiger partial charge in [0.15, 0.2) is 0 Å². The number of benzene rings is 2. The summed E-state index contributed by atoms with van der Waals surface area (Å²) in [5.41, 5.74) is 2.27. The third-order valence-electron chi connectivity index (χ3n) is 3.10. The number of hydrogen-bond donors (Lipinski definition) is 1. The van der Waals surface area contributed by atoms with Crippen LogP contribution in [0.15, 0.2) is 77.4 Å². The third-order valence-corrected chi connectivity index (χ3v) is 3.77. The molecule has 0 aliphatic carbocycles. The van der Waals surface area contributed by atoms with E-state index in [9.17, 15) is 0 Å². The average Bonchev–Trinajstić information content (AvgIpc) is 3.00. The number of rotatable bonds is 4. The molecule has 0 fully saturated rings. The van der Waals surface area contributed by atoms with E-state index in [1.54, 1.807) is 6.26 Å². The lowest BCUT2D eigenvalue weighted by Gasteiger charge is -2.18. The van der Waals surface area contributed by atoms with Gasteiger partial charge in [-0.25, -0.2) is 0 Å². The highest BCUT2D eigenvalue weighted by Crippen LogP contribution is 2.27. The molecule has 0 amide bonds. The van der Waals surface area contributed by atoms with E-state index in [-0.39, 0.29) is 6.04 Å². The summed E-state index contributed by atoms with van der Waals surface area (Å²) >= 11 is 2.32. The molecule has 1 heterocycles. The standard InChI is InChI=1S/C17H14INO/c18-14-8-4-9-15(12-14)19-17(16-10-5-11-20-16)13-6-2-1-3-7-13/h1-12,17,19H. The van der Waals surface area contributed by atoms with Gasteiger partial charge in [-0.15, -0.1) is 0 Å². The molecule has 3 heteroatoms. The van der Waals surface area contributed by atoms with E-state index < -0.39 is 0 Å². The Kier molecular flexibility index (Phi) is 4.06. The second kappa shape index (κ2) is 6.13. The molecule has 1 aromatic heterocycles. The second-order valence-corrected chi connectivity index (χ2v) is 5.76. The Morgan fingerprint density at radius 3 is 2.45 bits per heavy atom. The van der Waals surface area contributed by atoms with Crippen LogP contribution in [0.4, 0.5) is 5.69 Å². The summed E-state index contributed by atoms with van der Waals surface area (Å²) in [5.74, 6) is 0.912. The Morgan fingerprint density at radius 2 is 1.75 bits per heavy atom. The predicted octanol–water partition coefficient (Wildman–Crippen LogP) is 5.09. The molecule has 1 N–H and O–H groups in total. The fourth-order valence-corrected chi connectivity index (χ4v) is 2.71. The predicted molar refractivity (Wildman–Crippen MR) is 89.8 cm³/mol. The van der Waals surface area contributed by atoms with Crippen molar-refractivity contribution < 1.29 is 4.42 Å². The van der Waals surface area contributed by atoms with Gasteiger partial charge in [-0.05, 0) is 58.5 Å². The Bertz CT molecular complexity index is 664. The van der Waals surface area contributed by atoms with Gasteiger partial charge in [0, 0.05) is 9.26 Å². The topological polar surface area (TPSA) is 25.2 Å². The fraction of sp³-hybridized carbons (Fsp3) is 0.0588. The van der Waals surface area contributed by atoms with Crippen LogP contribution in [0.5, 0.6) is 0 Å². The van der Waals surface area contributed by atoms with Crippen molar-refractivity contribution in [3.05, 3.63) is 87.9 Å². The summed E-state index contributed by atoms with van der Waals surface area (Å²) < 4.78 is 6.80. The highest BCUT2D eigenvalue weighted by atomic mass is 127. The molecular weight excluding hydrogens is 361 g/mol. The van der Waals surface area contributed by atoms with Crippen LogP contribution in [0.1, 0.15) is 17.4 Å². The third kappa shape index (κ3) is 3.04. The molecule has 0 saturated heterocycles. The first-order valence-electron chi connectivity index (χ1n) is 6.43. The minimum atomic E-state index is 0.0180. The van der Waals surface area contributed by atoms with Crippen LogP contribution in [-0.2, 0) is 0 Å². The van der Waals surface area contributed by atoms with Gasteiger partial charge in [-0.1, -0.05) is 36.4 Å². The van der Waals surface area contributed by atoms with Crippen LogP contribution in [0.3, 0.4) is 0 Å². The van der Waals surface area contributed by atoms with E-state index in [4.69, 9.17) is 4.42 Å².